The normalized spacial score (nSPS) is 20.2. The number of nitrogens with zero attached hydrogens (tertiary/aromatic N) is 2. The van der Waals surface area contributed by atoms with Crippen molar-refractivity contribution >= 4 is 5.97 Å². The number of benzene rings is 1. The van der Waals surface area contributed by atoms with Gasteiger partial charge in [-0.25, -0.2) is 13.8 Å². The standard InChI is InChI=1S/C20H24F2N2O3/c1-20(2,27-3)16-10-23-19-12(9-17(25)26)7-8-13(11-24(16)19)14-5-4-6-15(21)18(14)22/h4-6,10,12-13H,7-9,11H2,1-3H3,(H,25,26)/t12-,13+/m0/s1. The molecule has 7 heteroatoms. The highest BCUT2D eigenvalue weighted by molar-refractivity contribution is 5.67. The van der Waals surface area contributed by atoms with Crippen LogP contribution >= 0.6 is 0 Å². The third-order valence-electron chi connectivity index (χ3n) is 5.49. The third kappa shape index (κ3) is 3.74. The van der Waals surface area contributed by atoms with Crippen LogP contribution in [0.3, 0.4) is 0 Å². The molecule has 27 heavy (non-hydrogen) atoms. The van der Waals surface area contributed by atoms with E-state index in [4.69, 9.17) is 4.74 Å². The summed E-state index contributed by atoms with van der Waals surface area (Å²) in [6.07, 6.45) is 2.73. The number of halogens is 2. The van der Waals surface area contributed by atoms with Crippen LogP contribution in [0.2, 0.25) is 0 Å². The highest BCUT2D eigenvalue weighted by atomic mass is 19.2. The second kappa shape index (κ2) is 7.38. The lowest BCUT2D eigenvalue weighted by atomic mass is 9.90. The first-order chi connectivity index (χ1) is 12.7. The second-order valence-electron chi connectivity index (χ2n) is 7.54. The van der Waals surface area contributed by atoms with E-state index < -0.39 is 23.2 Å². The van der Waals surface area contributed by atoms with Crippen LogP contribution in [0.1, 0.15) is 62.0 Å². The molecule has 1 aliphatic rings. The van der Waals surface area contributed by atoms with Crippen LogP contribution in [-0.4, -0.2) is 27.7 Å². The molecular formula is C20H24F2N2O3. The molecule has 0 radical (unpaired) electrons. The fraction of sp³-hybridized carbons (Fsp3) is 0.500. The molecule has 0 spiro atoms. The summed E-state index contributed by atoms with van der Waals surface area (Å²) in [4.78, 5) is 15.8. The molecule has 1 aromatic heterocycles. The van der Waals surface area contributed by atoms with Gasteiger partial charge in [0.1, 0.15) is 11.4 Å². The summed E-state index contributed by atoms with van der Waals surface area (Å²) in [7, 11) is 1.59. The van der Waals surface area contributed by atoms with E-state index in [1.165, 1.54) is 6.07 Å². The Hall–Kier alpha value is -2.28. The van der Waals surface area contributed by atoms with E-state index in [9.17, 15) is 18.7 Å². The quantitative estimate of drug-likeness (QED) is 0.848. The Kier molecular flexibility index (Phi) is 5.33. The maximum Gasteiger partial charge on any atom is 0.304 e. The van der Waals surface area contributed by atoms with Gasteiger partial charge >= 0.3 is 5.97 Å². The fourth-order valence-corrected chi connectivity index (χ4v) is 3.83. The summed E-state index contributed by atoms with van der Waals surface area (Å²) in [6.45, 7) is 4.19. The number of carboxylic acid groups (broad SMARTS) is 1. The van der Waals surface area contributed by atoms with E-state index in [0.717, 1.165) is 11.8 Å². The third-order valence-corrected chi connectivity index (χ3v) is 5.49. The molecule has 2 heterocycles. The Balaban J connectivity index is 2.07. The zero-order chi connectivity index (χ0) is 19.8. The molecule has 3 rings (SSSR count). The number of carbonyl (C=O) groups is 1. The molecule has 0 saturated carbocycles. The van der Waals surface area contributed by atoms with Crippen molar-refractivity contribution < 1.29 is 23.4 Å². The van der Waals surface area contributed by atoms with Crippen molar-refractivity contribution in [2.75, 3.05) is 7.11 Å². The molecule has 2 atom stereocenters. The number of aliphatic carboxylic acids is 1. The van der Waals surface area contributed by atoms with Crippen molar-refractivity contribution in [3.8, 4) is 0 Å². The van der Waals surface area contributed by atoms with Crippen molar-refractivity contribution in [2.45, 2.75) is 57.1 Å². The van der Waals surface area contributed by atoms with E-state index in [1.807, 2.05) is 18.4 Å². The minimum Gasteiger partial charge on any atom is -0.481 e. The van der Waals surface area contributed by atoms with Gasteiger partial charge in [0, 0.05) is 25.5 Å². The average Bonchev–Trinajstić information content (AvgIpc) is 2.96. The van der Waals surface area contributed by atoms with Gasteiger partial charge < -0.3 is 14.4 Å². The molecule has 0 fully saturated rings. The minimum atomic E-state index is -0.905. The Morgan fingerprint density at radius 1 is 1.37 bits per heavy atom. The zero-order valence-corrected chi connectivity index (χ0v) is 15.7. The van der Waals surface area contributed by atoms with Crippen molar-refractivity contribution in [2.24, 2.45) is 0 Å². The van der Waals surface area contributed by atoms with Crippen LogP contribution in [0.5, 0.6) is 0 Å². The van der Waals surface area contributed by atoms with Crippen molar-refractivity contribution in [1.29, 1.82) is 0 Å². The van der Waals surface area contributed by atoms with Crippen molar-refractivity contribution in [3.05, 3.63) is 53.1 Å². The molecule has 0 amide bonds. The monoisotopic (exact) mass is 378 g/mol. The van der Waals surface area contributed by atoms with Crippen LogP contribution in [0.4, 0.5) is 8.78 Å². The first-order valence-corrected chi connectivity index (χ1v) is 9.01. The first kappa shape index (κ1) is 19.5. The van der Waals surface area contributed by atoms with Gasteiger partial charge in [-0.1, -0.05) is 12.1 Å². The molecule has 1 aliphatic heterocycles. The lowest BCUT2D eigenvalue weighted by molar-refractivity contribution is -0.137. The summed E-state index contributed by atoms with van der Waals surface area (Å²) >= 11 is 0. The summed E-state index contributed by atoms with van der Waals surface area (Å²) in [5.74, 6) is -2.52. The van der Waals surface area contributed by atoms with E-state index in [0.29, 0.717) is 30.8 Å². The number of hydrogen-bond donors (Lipinski definition) is 1. The molecule has 5 nitrogen and oxygen atoms in total. The van der Waals surface area contributed by atoms with Gasteiger partial charge in [-0.2, -0.15) is 0 Å². The van der Waals surface area contributed by atoms with E-state index in [-0.39, 0.29) is 18.3 Å². The second-order valence-corrected chi connectivity index (χ2v) is 7.54. The zero-order valence-electron chi connectivity index (χ0n) is 15.7. The number of ether oxygens (including phenoxy) is 1. The SMILES string of the molecule is COC(C)(C)c1cnc2n1C[C@H](c1cccc(F)c1F)CC[C@H]2CC(=O)O. The number of aromatic nitrogens is 2. The summed E-state index contributed by atoms with van der Waals surface area (Å²) in [6, 6.07) is 4.20. The Labute approximate surface area is 157 Å². The van der Waals surface area contributed by atoms with Gasteiger partial charge in [-0.05, 0) is 38.3 Å². The molecule has 2 aromatic rings. The summed E-state index contributed by atoms with van der Waals surface area (Å²) in [5, 5.41) is 9.29. The highest BCUT2D eigenvalue weighted by Crippen LogP contribution is 2.39. The Bertz CT molecular complexity index is 848. The topological polar surface area (TPSA) is 64.4 Å². The molecule has 1 N–H and O–H groups in total. The van der Waals surface area contributed by atoms with Gasteiger partial charge in [-0.3, -0.25) is 4.79 Å². The van der Waals surface area contributed by atoms with Gasteiger partial charge in [0.05, 0.1) is 18.3 Å². The summed E-state index contributed by atoms with van der Waals surface area (Å²) < 4.78 is 35.7. The van der Waals surface area contributed by atoms with Gasteiger partial charge in [0.2, 0.25) is 0 Å². The molecule has 146 valence electrons. The van der Waals surface area contributed by atoms with E-state index in [1.54, 1.807) is 19.4 Å². The molecular weight excluding hydrogens is 354 g/mol. The number of methoxy groups -OCH3 is 1. The number of rotatable bonds is 5. The Morgan fingerprint density at radius 3 is 2.78 bits per heavy atom. The minimum absolute atomic E-state index is 0.0534. The lowest BCUT2D eigenvalue weighted by Gasteiger charge is -2.26. The fourth-order valence-electron chi connectivity index (χ4n) is 3.83. The van der Waals surface area contributed by atoms with Gasteiger partial charge in [0.25, 0.3) is 0 Å². The predicted octanol–water partition coefficient (Wildman–Crippen LogP) is 4.18. The largest absolute Gasteiger partial charge is 0.481 e. The van der Waals surface area contributed by atoms with Crippen molar-refractivity contribution in [3.63, 3.8) is 0 Å². The van der Waals surface area contributed by atoms with Gasteiger partial charge in [0.15, 0.2) is 11.6 Å². The smallest absolute Gasteiger partial charge is 0.304 e. The molecule has 0 bridgehead atoms. The van der Waals surface area contributed by atoms with Crippen molar-refractivity contribution in [1.82, 2.24) is 9.55 Å². The molecule has 0 unspecified atom stereocenters. The van der Waals surface area contributed by atoms with Crippen LogP contribution in [0.25, 0.3) is 0 Å². The first-order valence-electron chi connectivity index (χ1n) is 9.01. The van der Waals surface area contributed by atoms with Crippen LogP contribution in [-0.2, 0) is 21.7 Å². The number of imidazole rings is 1. The molecule has 1 aromatic carbocycles. The number of hydrogen-bond acceptors (Lipinski definition) is 3. The molecule has 0 aliphatic carbocycles. The number of fused-ring (bicyclic) bond motifs is 1. The number of carboxylic acids is 1. The lowest BCUT2D eigenvalue weighted by Crippen LogP contribution is -2.26. The average molecular weight is 378 g/mol. The summed E-state index contributed by atoms with van der Waals surface area (Å²) in [5.41, 5.74) is 0.458. The van der Waals surface area contributed by atoms with Gasteiger partial charge in [-0.15, -0.1) is 0 Å². The predicted molar refractivity (Wildman–Crippen MR) is 95.6 cm³/mol. The highest BCUT2D eigenvalue weighted by Gasteiger charge is 2.34. The van der Waals surface area contributed by atoms with Crippen LogP contribution < -0.4 is 0 Å². The maximum atomic E-state index is 14.4. The van der Waals surface area contributed by atoms with Crippen LogP contribution in [0, 0.1) is 11.6 Å². The Morgan fingerprint density at radius 2 is 2.11 bits per heavy atom. The van der Waals surface area contributed by atoms with Crippen LogP contribution in [0.15, 0.2) is 24.4 Å². The van der Waals surface area contributed by atoms with E-state index in [2.05, 4.69) is 4.98 Å². The maximum absolute atomic E-state index is 14.4. The molecule has 0 saturated heterocycles. The van der Waals surface area contributed by atoms with E-state index >= 15 is 0 Å².